The molecule has 0 saturated heterocycles. The van der Waals surface area contributed by atoms with Crippen LogP contribution in [0, 0.1) is 0 Å². The summed E-state index contributed by atoms with van der Waals surface area (Å²) in [5, 5.41) is 1.30. The normalized spacial score (nSPS) is 10.9. The fraction of sp³-hybridized carbons (Fsp3) is 0.133. The summed E-state index contributed by atoms with van der Waals surface area (Å²) in [6, 6.07) is 8.47. The molecule has 90 valence electrons. The van der Waals surface area contributed by atoms with Crippen LogP contribution in [0.25, 0.3) is 10.9 Å². The molecule has 2 heterocycles. The van der Waals surface area contributed by atoms with Gasteiger partial charge in [-0.05, 0) is 11.6 Å². The van der Waals surface area contributed by atoms with Crippen molar-refractivity contribution in [2.24, 2.45) is 0 Å². The van der Waals surface area contributed by atoms with E-state index in [9.17, 15) is 0 Å². The fourth-order valence-electron chi connectivity index (χ4n) is 2.32. The number of fused-ring (bicyclic) bond motifs is 1. The van der Waals surface area contributed by atoms with Crippen molar-refractivity contribution in [3.05, 3.63) is 67.4 Å². The van der Waals surface area contributed by atoms with Crippen LogP contribution in [-0.2, 0) is 13.1 Å². The van der Waals surface area contributed by atoms with Crippen molar-refractivity contribution in [2.75, 3.05) is 0 Å². The Kier molecular flexibility index (Phi) is 2.73. The van der Waals surface area contributed by atoms with Gasteiger partial charge in [0, 0.05) is 36.0 Å². The number of aromatic nitrogens is 3. The van der Waals surface area contributed by atoms with Gasteiger partial charge in [0.05, 0.1) is 12.9 Å². The zero-order valence-electron chi connectivity index (χ0n) is 10.2. The lowest BCUT2D eigenvalue weighted by molar-refractivity contribution is 0.788. The first-order valence-electron chi connectivity index (χ1n) is 6.02. The minimum atomic E-state index is 0.838. The molecule has 0 aliphatic carbocycles. The van der Waals surface area contributed by atoms with Gasteiger partial charge >= 0.3 is 0 Å². The Hall–Kier alpha value is -2.29. The quantitative estimate of drug-likeness (QED) is 0.639. The predicted molar refractivity (Wildman–Crippen MR) is 73.5 cm³/mol. The molecule has 3 heteroatoms. The average molecular weight is 237 g/mol. The number of hydrogen-bond acceptors (Lipinski definition) is 1. The predicted octanol–water partition coefficient (Wildman–Crippen LogP) is 3.07. The van der Waals surface area contributed by atoms with Gasteiger partial charge in [-0.25, -0.2) is 4.98 Å². The number of para-hydroxylation sites is 1. The highest BCUT2D eigenvalue weighted by molar-refractivity contribution is 5.84. The highest BCUT2D eigenvalue weighted by Crippen LogP contribution is 2.22. The molecule has 1 aromatic carbocycles. The summed E-state index contributed by atoms with van der Waals surface area (Å²) in [6.07, 6.45) is 9.77. The van der Waals surface area contributed by atoms with Gasteiger partial charge in [0.1, 0.15) is 0 Å². The molecule has 0 radical (unpaired) electrons. The fourth-order valence-corrected chi connectivity index (χ4v) is 2.32. The first kappa shape index (κ1) is 10.8. The summed E-state index contributed by atoms with van der Waals surface area (Å²) in [6.45, 7) is 5.50. The smallest absolute Gasteiger partial charge is 0.0949 e. The zero-order chi connectivity index (χ0) is 12.4. The lowest BCUT2D eigenvalue weighted by Gasteiger charge is -1.99. The molecule has 3 rings (SSSR count). The number of nitrogens with zero attached hydrogens (tertiary/aromatic N) is 3. The molecule has 3 aromatic rings. The van der Waals surface area contributed by atoms with Gasteiger partial charge in [-0.15, -0.1) is 6.58 Å². The summed E-state index contributed by atoms with van der Waals surface area (Å²) in [5.41, 5.74) is 2.57. The van der Waals surface area contributed by atoms with Crippen LogP contribution in [0.3, 0.4) is 0 Å². The molecule has 0 aliphatic heterocycles. The minimum Gasteiger partial charge on any atom is -0.343 e. The van der Waals surface area contributed by atoms with E-state index in [0.29, 0.717) is 0 Å². The van der Waals surface area contributed by atoms with Crippen LogP contribution in [0.15, 0.2) is 61.8 Å². The van der Waals surface area contributed by atoms with Crippen LogP contribution in [-0.4, -0.2) is 14.1 Å². The van der Waals surface area contributed by atoms with Crippen LogP contribution < -0.4 is 0 Å². The second kappa shape index (κ2) is 4.53. The van der Waals surface area contributed by atoms with Crippen LogP contribution in [0.2, 0.25) is 0 Å². The molecule has 18 heavy (non-hydrogen) atoms. The van der Waals surface area contributed by atoms with Crippen molar-refractivity contribution in [1.29, 1.82) is 0 Å². The number of allylic oxidation sites excluding steroid dienone is 1. The molecule has 0 saturated carbocycles. The molecule has 0 bridgehead atoms. The molecule has 0 aliphatic rings. The molecule has 0 amide bonds. The molecule has 2 aromatic heterocycles. The Morgan fingerprint density at radius 1 is 1.28 bits per heavy atom. The van der Waals surface area contributed by atoms with Gasteiger partial charge in [-0.1, -0.05) is 24.3 Å². The van der Waals surface area contributed by atoms with Crippen molar-refractivity contribution < 1.29 is 0 Å². The molecule has 0 spiro atoms. The Labute approximate surface area is 106 Å². The average Bonchev–Trinajstić information content (AvgIpc) is 3.00. The summed E-state index contributed by atoms with van der Waals surface area (Å²) < 4.78 is 4.31. The van der Waals surface area contributed by atoms with E-state index in [0.717, 1.165) is 13.1 Å². The van der Waals surface area contributed by atoms with Crippen molar-refractivity contribution in [3.63, 3.8) is 0 Å². The molecule has 3 nitrogen and oxygen atoms in total. The van der Waals surface area contributed by atoms with Crippen molar-refractivity contribution in [3.8, 4) is 0 Å². The van der Waals surface area contributed by atoms with Crippen LogP contribution in [0.4, 0.5) is 0 Å². The lowest BCUT2D eigenvalue weighted by Crippen LogP contribution is -1.95. The Morgan fingerprint density at radius 3 is 2.94 bits per heavy atom. The summed E-state index contributed by atoms with van der Waals surface area (Å²) in [5.74, 6) is 0. The maximum Gasteiger partial charge on any atom is 0.0949 e. The third-order valence-electron chi connectivity index (χ3n) is 3.11. The van der Waals surface area contributed by atoms with E-state index in [1.54, 1.807) is 0 Å². The van der Waals surface area contributed by atoms with E-state index in [1.165, 1.54) is 16.5 Å². The molecule has 0 unspecified atom stereocenters. The van der Waals surface area contributed by atoms with Crippen molar-refractivity contribution >= 4 is 10.9 Å². The van der Waals surface area contributed by atoms with Gasteiger partial charge in [-0.2, -0.15) is 0 Å². The topological polar surface area (TPSA) is 22.8 Å². The van der Waals surface area contributed by atoms with Gasteiger partial charge in [0.25, 0.3) is 0 Å². The second-order valence-electron chi connectivity index (χ2n) is 4.35. The zero-order valence-corrected chi connectivity index (χ0v) is 10.2. The Balaban J connectivity index is 2.08. The van der Waals surface area contributed by atoms with E-state index in [2.05, 4.69) is 51.2 Å². The molecular formula is C15H15N3. The standard InChI is InChI=1S/C15H15N3/c1-2-8-18-11-13(10-17-9-7-16-12-17)14-5-3-4-6-15(14)18/h2-7,9,11-12H,1,8,10H2. The van der Waals surface area contributed by atoms with Crippen LogP contribution >= 0.6 is 0 Å². The number of rotatable bonds is 4. The Bertz CT molecular complexity index is 662. The van der Waals surface area contributed by atoms with Gasteiger partial charge in [-0.3, -0.25) is 0 Å². The summed E-state index contributed by atoms with van der Waals surface area (Å²) in [4.78, 5) is 4.08. The van der Waals surface area contributed by atoms with E-state index < -0.39 is 0 Å². The van der Waals surface area contributed by atoms with Crippen LogP contribution in [0.1, 0.15) is 5.56 Å². The van der Waals surface area contributed by atoms with E-state index in [4.69, 9.17) is 0 Å². The number of hydrogen-bond donors (Lipinski definition) is 0. The lowest BCUT2D eigenvalue weighted by atomic mass is 10.2. The number of benzene rings is 1. The summed E-state index contributed by atoms with van der Waals surface area (Å²) in [7, 11) is 0. The number of imidazole rings is 1. The highest BCUT2D eigenvalue weighted by atomic mass is 15.0. The largest absolute Gasteiger partial charge is 0.343 e. The first-order valence-corrected chi connectivity index (χ1v) is 6.02. The van der Waals surface area contributed by atoms with E-state index in [1.807, 2.05) is 24.8 Å². The monoisotopic (exact) mass is 237 g/mol. The van der Waals surface area contributed by atoms with Gasteiger partial charge < -0.3 is 9.13 Å². The van der Waals surface area contributed by atoms with Gasteiger partial charge in [0.15, 0.2) is 0 Å². The van der Waals surface area contributed by atoms with Crippen molar-refractivity contribution in [1.82, 2.24) is 14.1 Å². The molecule has 0 N–H and O–H groups in total. The SMILES string of the molecule is C=CCn1cc(Cn2ccnc2)c2ccccc21. The maximum absolute atomic E-state index is 4.08. The first-order chi connectivity index (χ1) is 8.88. The third kappa shape index (κ3) is 1.84. The van der Waals surface area contributed by atoms with Gasteiger partial charge in [0.2, 0.25) is 0 Å². The summed E-state index contributed by atoms with van der Waals surface area (Å²) >= 11 is 0. The van der Waals surface area contributed by atoms with E-state index >= 15 is 0 Å². The second-order valence-corrected chi connectivity index (χ2v) is 4.35. The molecular weight excluding hydrogens is 222 g/mol. The highest BCUT2D eigenvalue weighted by Gasteiger charge is 2.07. The van der Waals surface area contributed by atoms with E-state index in [-0.39, 0.29) is 0 Å². The maximum atomic E-state index is 4.08. The molecule has 0 atom stereocenters. The Morgan fingerprint density at radius 2 is 2.17 bits per heavy atom. The van der Waals surface area contributed by atoms with Crippen LogP contribution in [0.5, 0.6) is 0 Å². The minimum absolute atomic E-state index is 0.838. The van der Waals surface area contributed by atoms with Crippen molar-refractivity contribution in [2.45, 2.75) is 13.1 Å². The third-order valence-corrected chi connectivity index (χ3v) is 3.11. The molecule has 0 fully saturated rings.